The zero-order chi connectivity index (χ0) is 10.1. The Balaban J connectivity index is 3.53. The average Bonchev–Trinajstić information content (AvgIpc) is 2.10. The fraction of sp³-hybridized carbons (Fsp3) is 0.700. The molecule has 0 saturated heterocycles. The molecule has 0 heterocycles. The summed E-state index contributed by atoms with van der Waals surface area (Å²) in [4.78, 5) is 10.2. The van der Waals surface area contributed by atoms with Crippen LogP contribution in [0.4, 0.5) is 0 Å². The third-order valence-electron chi connectivity index (χ3n) is 1.66. The summed E-state index contributed by atoms with van der Waals surface area (Å²) in [6.07, 6.45) is 8.79. The molecular formula is C10H16O3. The lowest BCUT2D eigenvalue weighted by Gasteiger charge is -2.09. The van der Waals surface area contributed by atoms with Crippen LogP contribution >= 0.6 is 0 Å². The van der Waals surface area contributed by atoms with Crippen molar-refractivity contribution in [3.05, 3.63) is 0 Å². The molecule has 1 N–H and O–H groups in total. The zero-order valence-corrected chi connectivity index (χ0v) is 7.95. The molecule has 0 fully saturated rings. The third-order valence-corrected chi connectivity index (χ3v) is 1.66. The van der Waals surface area contributed by atoms with E-state index in [9.17, 15) is 4.79 Å². The molecule has 3 heteroatoms. The van der Waals surface area contributed by atoms with Crippen LogP contribution in [0.15, 0.2) is 0 Å². The number of hydrogen-bond acceptors (Lipinski definition) is 2. The summed E-state index contributed by atoms with van der Waals surface area (Å²) in [6.45, 7) is 1.80. The van der Waals surface area contributed by atoms with Crippen molar-refractivity contribution >= 4 is 5.97 Å². The summed E-state index contributed by atoms with van der Waals surface area (Å²) >= 11 is 0. The normalized spacial score (nSPS) is 12.0. The van der Waals surface area contributed by atoms with E-state index in [-0.39, 0.29) is 12.7 Å². The maximum absolute atomic E-state index is 10.2. The van der Waals surface area contributed by atoms with Gasteiger partial charge in [0.05, 0.1) is 0 Å². The second kappa shape index (κ2) is 7.63. The van der Waals surface area contributed by atoms with Crippen molar-refractivity contribution < 1.29 is 14.6 Å². The molecule has 0 aromatic carbocycles. The summed E-state index contributed by atoms with van der Waals surface area (Å²) in [5, 5.41) is 8.34. The van der Waals surface area contributed by atoms with Crippen LogP contribution < -0.4 is 0 Å². The van der Waals surface area contributed by atoms with E-state index in [4.69, 9.17) is 16.3 Å². The molecule has 0 bridgehead atoms. The monoisotopic (exact) mass is 184 g/mol. The van der Waals surface area contributed by atoms with Crippen LogP contribution in [0.3, 0.4) is 0 Å². The summed E-state index contributed by atoms with van der Waals surface area (Å²) in [5.41, 5.74) is 0. The lowest BCUT2D eigenvalue weighted by atomic mass is 10.1. The average molecular weight is 184 g/mol. The van der Waals surface area contributed by atoms with E-state index in [1.165, 1.54) is 0 Å². The van der Waals surface area contributed by atoms with Gasteiger partial charge in [0.1, 0.15) is 12.7 Å². The Kier molecular flexibility index (Phi) is 7.04. The number of hydrogen-bond donors (Lipinski definition) is 1. The third kappa shape index (κ3) is 7.35. The van der Waals surface area contributed by atoms with E-state index in [0.717, 1.165) is 25.7 Å². The zero-order valence-electron chi connectivity index (χ0n) is 7.95. The van der Waals surface area contributed by atoms with Crippen molar-refractivity contribution in [2.24, 2.45) is 0 Å². The van der Waals surface area contributed by atoms with Crippen LogP contribution in [0.5, 0.6) is 0 Å². The first-order chi connectivity index (χ1) is 6.20. The number of aliphatic carboxylic acids is 1. The lowest BCUT2D eigenvalue weighted by molar-refractivity contribution is -0.143. The molecule has 0 aromatic rings. The molecule has 0 saturated carbocycles. The van der Waals surface area contributed by atoms with Crippen molar-refractivity contribution in [2.45, 2.75) is 38.7 Å². The molecule has 13 heavy (non-hydrogen) atoms. The van der Waals surface area contributed by atoms with Crippen molar-refractivity contribution in [3.63, 3.8) is 0 Å². The van der Waals surface area contributed by atoms with Gasteiger partial charge in [-0.25, -0.2) is 4.79 Å². The number of carboxylic acids is 1. The summed E-state index contributed by atoms with van der Waals surface area (Å²) in [7, 11) is 0. The van der Waals surface area contributed by atoms with Crippen molar-refractivity contribution in [1.82, 2.24) is 0 Å². The highest BCUT2D eigenvalue weighted by molar-refractivity contribution is 5.68. The smallest absolute Gasteiger partial charge is 0.329 e. The maximum Gasteiger partial charge on any atom is 0.329 e. The number of carboxylic acid groups (broad SMARTS) is 1. The summed E-state index contributed by atoms with van der Waals surface area (Å²) < 4.78 is 4.96. The molecule has 1 atom stereocenters. The molecular weight excluding hydrogens is 168 g/mol. The number of rotatable bonds is 7. The van der Waals surface area contributed by atoms with E-state index in [1.54, 1.807) is 0 Å². The number of carbonyl (C=O) groups is 1. The molecule has 3 nitrogen and oxygen atoms in total. The lowest BCUT2D eigenvalue weighted by Crippen LogP contribution is -2.16. The Bertz CT molecular complexity index is 181. The van der Waals surface area contributed by atoms with Crippen molar-refractivity contribution in [2.75, 3.05) is 6.61 Å². The van der Waals surface area contributed by atoms with Crippen molar-refractivity contribution in [3.8, 4) is 12.3 Å². The maximum atomic E-state index is 10.2. The van der Waals surface area contributed by atoms with Crippen LogP contribution in [0.25, 0.3) is 0 Å². The van der Waals surface area contributed by atoms with Crippen LogP contribution in [-0.2, 0) is 9.53 Å². The second-order valence-electron chi connectivity index (χ2n) is 2.86. The van der Waals surface area contributed by atoms with Gasteiger partial charge in [0.2, 0.25) is 0 Å². The van der Waals surface area contributed by atoms with Gasteiger partial charge in [-0.1, -0.05) is 25.7 Å². The minimum atomic E-state index is -0.976. The highest BCUT2D eigenvalue weighted by atomic mass is 16.5. The van der Waals surface area contributed by atoms with E-state index < -0.39 is 5.97 Å². The van der Waals surface area contributed by atoms with E-state index >= 15 is 0 Å². The van der Waals surface area contributed by atoms with E-state index in [1.807, 2.05) is 0 Å². The fourth-order valence-electron chi connectivity index (χ4n) is 0.966. The first-order valence-corrected chi connectivity index (χ1v) is 4.50. The molecule has 74 valence electrons. The quantitative estimate of drug-likeness (QED) is 0.483. The molecule has 0 amide bonds. The fourth-order valence-corrected chi connectivity index (χ4v) is 0.966. The predicted molar refractivity (Wildman–Crippen MR) is 50.4 cm³/mol. The SMILES string of the molecule is C#CC(CCCCC)OCC(=O)O. The van der Waals surface area contributed by atoms with Gasteiger partial charge in [0, 0.05) is 0 Å². The Morgan fingerprint density at radius 3 is 2.77 bits per heavy atom. The number of ether oxygens (including phenoxy) is 1. The van der Waals surface area contributed by atoms with Gasteiger partial charge >= 0.3 is 5.97 Å². The van der Waals surface area contributed by atoms with Crippen LogP contribution in [-0.4, -0.2) is 23.8 Å². The highest BCUT2D eigenvalue weighted by Gasteiger charge is 2.06. The highest BCUT2D eigenvalue weighted by Crippen LogP contribution is 2.05. The van der Waals surface area contributed by atoms with Gasteiger partial charge in [-0.3, -0.25) is 0 Å². The molecule has 0 aliphatic carbocycles. The molecule has 0 aliphatic rings. The Hall–Kier alpha value is -1.01. The molecule has 0 aliphatic heterocycles. The first kappa shape index (κ1) is 12.0. The molecule has 0 radical (unpaired) electrons. The van der Waals surface area contributed by atoms with Gasteiger partial charge in [-0.15, -0.1) is 6.42 Å². The van der Waals surface area contributed by atoms with Crippen molar-refractivity contribution in [1.29, 1.82) is 0 Å². The minimum absolute atomic E-state index is 0.305. The van der Waals surface area contributed by atoms with Gasteiger partial charge in [0.15, 0.2) is 0 Å². The predicted octanol–water partition coefficient (Wildman–Crippen LogP) is 1.67. The number of unbranched alkanes of at least 4 members (excludes halogenated alkanes) is 2. The second-order valence-corrected chi connectivity index (χ2v) is 2.86. The first-order valence-electron chi connectivity index (χ1n) is 4.50. The summed E-state index contributed by atoms with van der Waals surface area (Å²) in [6, 6.07) is 0. The van der Waals surface area contributed by atoms with Gasteiger partial charge in [-0.05, 0) is 12.8 Å². The summed E-state index contributed by atoms with van der Waals surface area (Å²) in [5.74, 6) is 1.45. The van der Waals surface area contributed by atoms with Crippen LogP contribution in [0.2, 0.25) is 0 Å². The van der Waals surface area contributed by atoms with Crippen LogP contribution in [0, 0.1) is 12.3 Å². The molecule has 0 spiro atoms. The Labute approximate surface area is 79.1 Å². The molecule has 0 aromatic heterocycles. The van der Waals surface area contributed by atoms with Gasteiger partial charge < -0.3 is 9.84 Å². The standard InChI is InChI=1S/C10H16O3/c1-3-5-6-7-9(4-2)13-8-10(11)12/h2,9H,3,5-8H2,1H3,(H,11,12). The van der Waals surface area contributed by atoms with Gasteiger partial charge in [-0.2, -0.15) is 0 Å². The van der Waals surface area contributed by atoms with Crippen LogP contribution in [0.1, 0.15) is 32.6 Å². The van der Waals surface area contributed by atoms with E-state index in [0.29, 0.717) is 0 Å². The van der Waals surface area contributed by atoms with E-state index in [2.05, 4.69) is 12.8 Å². The molecule has 1 unspecified atom stereocenters. The topological polar surface area (TPSA) is 46.5 Å². The Morgan fingerprint density at radius 2 is 2.31 bits per heavy atom. The molecule has 0 rings (SSSR count). The largest absolute Gasteiger partial charge is 0.480 e. The Morgan fingerprint density at radius 1 is 1.62 bits per heavy atom. The van der Waals surface area contributed by atoms with Gasteiger partial charge in [0.25, 0.3) is 0 Å². The number of terminal acetylenes is 1. The minimum Gasteiger partial charge on any atom is -0.480 e.